The van der Waals surface area contributed by atoms with Gasteiger partial charge in [0.25, 0.3) is 0 Å². The van der Waals surface area contributed by atoms with Crippen molar-refractivity contribution in [1.82, 2.24) is 5.32 Å². The summed E-state index contributed by atoms with van der Waals surface area (Å²) in [5.41, 5.74) is 1.17. The zero-order valence-electron chi connectivity index (χ0n) is 11.8. The van der Waals surface area contributed by atoms with Crippen molar-refractivity contribution < 1.29 is 14.6 Å². The molecule has 1 aliphatic heterocycles. The number of ether oxygens (including phenoxy) is 1. The second-order valence-corrected chi connectivity index (χ2v) is 5.31. The molecule has 20 heavy (non-hydrogen) atoms. The first kappa shape index (κ1) is 14.9. The monoisotopic (exact) mass is 277 g/mol. The highest BCUT2D eigenvalue weighted by molar-refractivity contribution is 5.76. The maximum atomic E-state index is 11.7. The summed E-state index contributed by atoms with van der Waals surface area (Å²) in [6.45, 7) is 1.48. The fourth-order valence-corrected chi connectivity index (χ4v) is 2.43. The minimum atomic E-state index is 0.0857. The molecule has 0 radical (unpaired) electrons. The summed E-state index contributed by atoms with van der Waals surface area (Å²) < 4.78 is 5.55. The molecule has 1 fully saturated rings. The second kappa shape index (κ2) is 7.90. The van der Waals surface area contributed by atoms with Crippen LogP contribution in [-0.4, -0.2) is 30.3 Å². The van der Waals surface area contributed by atoms with Gasteiger partial charge in [-0.25, -0.2) is 0 Å². The number of phenols is 1. The number of hydrogen-bond donors (Lipinski definition) is 2. The Morgan fingerprint density at radius 3 is 2.80 bits per heavy atom. The van der Waals surface area contributed by atoms with E-state index in [0.29, 0.717) is 13.0 Å². The average Bonchev–Trinajstić information content (AvgIpc) is 2.46. The van der Waals surface area contributed by atoms with Gasteiger partial charge in [-0.2, -0.15) is 0 Å². The summed E-state index contributed by atoms with van der Waals surface area (Å²) in [6, 6.07) is 7.20. The standard InChI is InChI=1S/C16H23NO3/c18-14-8-6-13(7-9-14)4-3-10-17-16(19)12-15-5-1-2-11-20-15/h6-9,15,18H,1-5,10-12H2,(H,17,19). The molecule has 0 aromatic heterocycles. The number of aryl methyl sites for hydroxylation is 1. The van der Waals surface area contributed by atoms with E-state index in [1.165, 1.54) is 12.0 Å². The number of hydrogen-bond acceptors (Lipinski definition) is 3. The SMILES string of the molecule is O=C(CC1CCCCO1)NCCCc1ccc(O)cc1. The third-order valence-corrected chi connectivity index (χ3v) is 3.59. The van der Waals surface area contributed by atoms with E-state index >= 15 is 0 Å². The van der Waals surface area contributed by atoms with Crippen LogP contribution < -0.4 is 5.32 Å². The largest absolute Gasteiger partial charge is 0.508 e. The van der Waals surface area contributed by atoms with Crippen LogP contribution in [0.5, 0.6) is 5.75 Å². The highest BCUT2D eigenvalue weighted by atomic mass is 16.5. The van der Waals surface area contributed by atoms with Gasteiger partial charge in [-0.05, 0) is 49.8 Å². The molecule has 1 aromatic rings. The Morgan fingerprint density at radius 1 is 1.30 bits per heavy atom. The van der Waals surface area contributed by atoms with Gasteiger partial charge in [-0.1, -0.05) is 12.1 Å². The summed E-state index contributed by atoms with van der Waals surface area (Å²) >= 11 is 0. The van der Waals surface area contributed by atoms with Gasteiger partial charge in [0.2, 0.25) is 5.91 Å². The molecule has 1 saturated heterocycles. The zero-order chi connectivity index (χ0) is 14.2. The normalized spacial score (nSPS) is 18.7. The van der Waals surface area contributed by atoms with Gasteiger partial charge < -0.3 is 15.2 Å². The number of amides is 1. The first-order valence-electron chi connectivity index (χ1n) is 7.40. The van der Waals surface area contributed by atoms with Crippen molar-refractivity contribution in [2.24, 2.45) is 0 Å². The molecule has 1 aromatic carbocycles. The summed E-state index contributed by atoms with van der Waals surface area (Å²) in [6.07, 6.45) is 5.69. The predicted molar refractivity (Wildman–Crippen MR) is 77.6 cm³/mol. The van der Waals surface area contributed by atoms with Crippen LogP contribution in [0, 0.1) is 0 Å². The van der Waals surface area contributed by atoms with E-state index in [4.69, 9.17) is 4.74 Å². The Kier molecular flexibility index (Phi) is 5.87. The van der Waals surface area contributed by atoms with Gasteiger partial charge in [0.1, 0.15) is 5.75 Å². The summed E-state index contributed by atoms with van der Waals surface area (Å²) in [7, 11) is 0. The van der Waals surface area contributed by atoms with Crippen LogP contribution >= 0.6 is 0 Å². The molecule has 1 amide bonds. The fraction of sp³-hybridized carbons (Fsp3) is 0.562. The molecule has 0 bridgehead atoms. The van der Waals surface area contributed by atoms with Crippen molar-refractivity contribution in [2.45, 2.75) is 44.6 Å². The van der Waals surface area contributed by atoms with Crippen molar-refractivity contribution in [2.75, 3.05) is 13.2 Å². The lowest BCUT2D eigenvalue weighted by atomic mass is 10.1. The Hall–Kier alpha value is -1.55. The molecule has 1 unspecified atom stereocenters. The van der Waals surface area contributed by atoms with Crippen LogP contribution in [0.4, 0.5) is 0 Å². The van der Waals surface area contributed by atoms with Crippen LogP contribution in [0.25, 0.3) is 0 Å². The summed E-state index contributed by atoms with van der Waals surface area (Å²) in [5.74, 6) is 0.372. The molecule has 1 atom stereocenters. The van der Waals surface area contributed by atoms with Crippen molar-refractivity contribution in [3.63, 3.8) is 0 Å². The zero-order valence-corrected chi connectivity index (χ0v) is 11.8. The van der Waals surface area contributed by atoms with Crippen LogP contribution in [0.15, 0.2) is 24.3 Å². The molecule has 4 heteroatoms. The number of aromatic hydroxyl groups is 1. The van der Waals surface area contributed by atoms with E-state index in [-0.39, 0.29) is 17.8 Å². The van der Waals surface area contributed by atoms with Crippen LogP contribution in [0.2, 0.25) is 0 Å². The quantitative estimate of drug-likeness (QED) is 0.785. The first-order valence-corrected chi connectivity index (χ1v) is 7.40. The third-order valence-electron chi connectivity index (χ3n) is 3.59. The van der Waals surface area contributed by atoms with E-state index in [1.54, 1.807) is 12.1 Å². The number of benzene rings is 1. The smallest absolute Gasteiger partial charge is 0.222 e. The summed E-state index contributed by atoms with van der Waals surface area (Å²) in [5, 5.41) is 12.1. The molecule has 4 nitrogen and oxygen atoms in total. The van der Waals surface area contributed by atoms with Gasteiger partial charge in [0, 0.05) is 13.2 Å². The topological polar surface area (TPSA) is 58.6 Å². The average molecular weight is 277 g/mol. The van der Waals surface area contributed by atoms with Gasteiger partial charge >= 0.3 is 0 Å². The molecule has 1 heterocycles. The van der Waals surface area contributed by atoms with Crippen LogP contribution in [0.1, 0.15) is 37.7 Å². The maximum absolute atomic E-state index is 11.7. The van der Waals surface area contributed by atoms with Gasteiger partial charge in [0.15, 0.2) is 0 Å². The molecule has 2 rings (SSSR count). The molecule has 110 valence electrons. The van der Waals surface area contributed by atoms with Crippen molar-refractivity contribution in [3.05, 3.63) is 29.8 Å². The minimum absolute atomic E-state index is 0.0857. The van der Waals surface area contributed by atoms with Crippen LogP contribution in [-0.2, 0) is 16.0 Å². The van der Waals surface area contributed by atoms with Gasteiger partial charge in [-0.3, -0.25) is 4.79 Å². The number of rotatable bonds is 6. The number of nitrogens with one attached hydrogen (secondary N) is 1. The first-order chi connectivity index (χ1) is 9.74. The van der Waals surface area contributed by atoms with Crippen molar-refractivity contribution in [1.29, 1.82) is 0 Å². The molecule has 1 aliphatic rings. The Bertz CT molecular complexity index is 410. The lowest BCUT2D eigenvalue weighted by Gasteiger charge is -2.21. The number of carbonyl (C=O) groups excluding carboxylic acids is 1. The lowest BCUT2D eigenvalue weighted by molar-refractivity contribution is -0.124. The Balaban J connectivity index is 1.58. The van der Waals surface area contributed by atoms with E-state index in [2.05, 4.69) is 5.32 Å². The molecule has 0 spiro atoms. The molecular weight excluding hydrogens is 254 g/mol. The second-order valence-electron chi connectivity index (χ2n) is 5.31. The lowest BCUT2D eigenvalue weighted by Crippen LogP contribution is -2.31. The number of phenolic OH excluding ortho intramolecular Hbond substituents is 1. The van der Waals surface area contributed by atoms with Crippen molar-refractivity contribution >= 4 is 5.91 Å². The highest BCUT2D eigenvalue weighted by Gasteiger charge is 2.17. The van der Waals surface area contributed by atoms with E-state index in [0.717, 1.165) is 32.3 Å². The Labute approximate surface area is 120 Å². The van der Waals surface area contributed by atoms with Crippen LogP contribution in [0.3, 0.4) is 0 Å². The number of carbonyl (C=O) groups is 1. The maximum Gasteiger partial charge on any atom is 0.222 e. The predicted octanol–water partition coefficient (Wildman–Crippen LogP) is 2.40. The van der Waals surface area contributed by atoms with E-state index in [1.807, 2.05) is 12.1 Å². The fourth-order valence-electron chi connectivity index (χ4n) is 2.43. The molecular formula is C16H23NO3. The Morgan fingerprint density at radius 2 is 2.10 bits per heavy atom. The summed E-state index contributed by atoms with van der Waals surface area (Å²) in [4.78, 5) is 11.7. The highest BCUT2D eigenvalue weighted by Crippen LogP contribution is 2.15. The molecule has 0 saturated carbocycles. The third kappa shape index (κ3) is 5.21. The molecule has 0 aliphatic carbocycles. The minimum Gasteiger partial charge on any atom is -0.508 e. The van der Waals surface area contributed by atoms with Crippen molar-refractivity contribution in [3.8, 4) is 5.75 Å². The van der Waals surface area contributed by atoms with E-state index < -0.39 is 0 Å². The van der Waals surface area contributed by atoms with Gasteiger partial charge in [0.05, 0.1) is 12.5 Å². The van der Waals surface area contributed by atoms with E-state index in [9.17, 15) is 9.90 Å². The molecule has 2 N–H and O–H groups in total. The van der Waals surface area contributed by atoms with Gasteiger partial charge in [-0.15, -0.1) is 0 Å².